The monoisotopic (exact) mass is 284 g/mol. The molecule has 106 valence electrons. The van der Waals surface area contributed by atoms with Crippen molar-refractivity contribution in [1.29, 1.82) is 0 Å². The lowest BCUT2D eigenvalue weighted by Crippen LogP contribution is -2.42. The molecular formula is C14H21ClN2O2. The summed E-state index contributed by atoms with van der Waals surface area (Å²) in [6.45, 7) is 4.42. The molecule has 1 fully saturated rings. The Morgan fingerprint density at radius 3 is 2.63 bits per heavy atom. The number of nitrogens with two attached hydrogens (primary N) is 1. The van der Waals surface area contributed by atoms with Crippen molar-refractivity contribution in [2.45, 2.75) is 44.9 Å². The summed E-state index contributed by atoms with van der Waals surface area (Å²) >= 11 is 0. The lowest BCUT2D eigenvalue weighted by Gasteiger charge is -2.15. The van der Waals surface area contributed by atoms with Crippen LogP contribution in [0.3, 0.4) is 0 Å². The van der Waals surface area contributed by atoms with Crippen LogP contribution >= 0.6 is 12.4 Å². The Hall–Kier alpha value is -1.26. The number of nitrogens with one attached hydrogen (secondary N) is 1. The molecule has 0 atom stereocenters. The summed E-state index contributed by atoms with van der Waals surface area (Å²) in [6.07, 6.45) is 1.68. The second-order valence-corrected chi connectivity index (χ2v) is 5.11. The molecule has 1 amide bonds. The lowest BCUT2D eigenvalue weighted by molar-refractivity contribution is -0.123. The van der Waals surface area contributed by atoms with E-state index >= 15 is 0 Å². The number of rotatable bonds is 5. The number of carbonyl (C=O) groups excluding carboxylic acids is 1. The molecule has 3 N–H and O–H groups in total. The third kappa shape index (κ3) is 4.11. The summed E-state index contributed by atoms with van der Waals surface area (Å²) < 4.78 is 5.70. The highest BCUT2D eigenvalue weighted by Crippen LogP contribution is 2.32. The third-order valence-corrected chi connectivity index (χ3v) is 3.02. The third-order valence-electron chi connectivity index (χ3n) is 3.02. The van der Waals surface area contributed by atoms with E-state index in [9.17, 15) is 4.79 Å². The van der Waals surface area contributed by atoms with Crippen molar-refractivity contribution in [2.24, 2.45) is 5.73 Å². The summed E-state index contributed by atoms with van der Waals surface area (Å²) in [4.78, 5) is 11.8. The van der Waals surface area contributed by atoms with Crippen LogP contribution < -0.4 is 15.8 Å². The topological polar surface area (TPSA) is 64.3 Å². The van der Waals surface area contributed by atoms with E-state index in [0.717, 1.165) is 24.2 Å². The molecule has 0 unspecified atom stereocenters. The molecule has 1 saturated carbocycles. The number of hydrogen-bond donors (Lipinski definition) is 2. The summed E-state index contributed by atoms with van der Waals surface area (Å²) in [6, 6.07) is 7.73. The van der Waals surface area contributed by atoms with Gasteiger partial charge < -0.3 is 15.8 Å². The number of halogens is 1. The van der Waals surface area contributed by atoms with E-state index in [0.29, 0.717) is 6.54 Å². The Labute approximate surface area is 120 Å². The fraction of sp³-hybridized carbons (Fsp3) is 0.500. The molecule has 5 heteroatoms. The van der Waals surface area contributed by atoms with Gasteiger partial charge in [-0.05, 0) is 32.8 Å². The number of amides is 1. The van der Waals surface area contributed by atoms with Crippen molar-refractivity contribution in [3.8, 4) is 5.75 Å². The first-order valence-electron chi connectivity index (χ1n) is 6.33. The summed E-state index contributed by atoms with van der Waals surface area (Å²) in [7, 11) is 0. The minimum Gasteiger partial charge on any atom is -0.491 e. The molecule has 1 aromatic carbocycles. The molecule has 0 radical (unpaired) electrons. The molecule has 1 aliphatic rings. The first kappa shape index (κ1) is 15.8. The van der Waals surface area contributed by atoms with Gasteiger partial charge in [-0.15, -0.1) is 12.4 Å². The minimum atomic E-state index is -0.617. The van der Waals surface area contributed by atoms with Gasteiger partial charge in [-0.2, -0.15) is 0 Å². The number of benzene rings is 1. The van der Waals surface area contributed by atoms with Gasteiger partial charge in [0, 0.05) is 12.1 Å². The standard InChI is InChI=1S/C14H20N2O2.ClH/c1-10(2)18-12-6-4-3-5-11(12)9-16-13(17)14(15)7-8-14;/h3-6,10H,7-9,15H2,1-2H3,(H,16,17);1H. The van der Waals surface area contributed by atoms with Gasteiger partial charge in [0.25, 0.3) is 0 Å². The van der Waals surface area contributed by atoms with Crippen molar-refractivity contribution in [2.75, 3.05) is 0 Å². The summed E-state index contributed by atoms with van der Waals surface area (Å²) in [5.41, 5.74) is 6.19. The van der Waals surface area contributed by atoms with Crippen LogP contribution in [0, 0.1) is 0 Å². The van der Waals surface area contributed by atoms with Crippen LogP contribution in [0.15, 0.2) is 24.3 Å². The van der Waals surface area contributed by atoms with Crippen molar-refractivity contribution >= 4 is 18.3 Å². The molecule has 0 aromatic heterocycles. The zero-order valence-corrected chi connectivity index (χ0v) is 12.1. The van der Waals surface area contributed by atoms with Crippen LogP contribution in [0.4, 0.5) is 0 Å². The van der Waals surface area contributed by atoms with E-state index in [1.165, 1.54) is 0 Å². The van der Waals surface area contributed by atoms with E-state index in [-0.39, 0.29) is 24.4 Å². The average Bonchev–Trinajstić information content (AvgIpc) is 3.06. The van der Waals surface area contributed by atoms with Gasteiger partial charge in [-0.25, -0.2) is 0 Å². The highest BCUT2D eigenvalue weighted by atomic mass is 35.5. The van der Waals surface area contributed by atoms with Gasteiger partial charge in [0.2, 0.25) is 5.91 Å². The van der Waals surface area contributed by atoms with Crippen molar-refractivity contribution in [3.05, 3.63) is 29.8 Å². The maximum absolute atomic E-state index is 11.8. The maximum atomic E-state index is 11.8. The van der Waals surface area contributed by atoms with Crippen LogP contribution in [0.1, 0.15) is 32.3 Å². The number of para-hydroxylation sites is 1. The van der Waals surface area contributed by atoms with Crippen LogP contribution in [0.2, 0.25) is 0 Å². The molecule has 1 aliphatic carbocycles. The van der Waals surface area contributed by atoms with Gasteiger partial charge in [0.1, 0.15) is 5.75 Å². The SMILES string of the molecule is CC(C)Oc1ccccc1CNC(=O)C1(N)CC1.Cl. The molecule has 2 rings (SSSR count). The quantitative estimate of drug-likeness (QED) is 0.869. The Bertz CT molecular complexity index is 445. The molecule has 0 aliphatic heterocycles. The first-order chi connectivity index (χ1) is 8.51. The van der Waals surface area contributed by atoms with Crippen molar-refractivity contribution < 1.29 is 9.53 Å². The van der Waals surface area contributed by atoms with Crippen molar-refractivity contribution in [3.63, 3.8) is 0 Å². The lowest BCUT2D eigenvalue weighted by atomic mass is 10.2. The average molecular weight is 285 g/mol. The smallest absolute Gasteiger partial charge is 0.240 e. The van der Waals surface area contributed by atoms with Crippen molar-refractivity contribution in [1.82, 2.24) is 5.32 Å². The van der Waals surface area contributed by atoms with E-state index < -0.39 is 5.54 Å². The maximum Gasteiger partial charge on any atom is 0.240 e. The second-order valence-electron chi connectivity index (χ2n) is 5.11. The second kappa shape index (κ2) is 6.26. The molecule has 0 spiro atoms. The Morgan fingerprint density at radius 1 is 1.42 bits per heavy atom. The number of ether oxygens (including phenoxy) is 1. The molecule has 19 heavy (non-hydrogen) atoms. The number of hydrogen-bond acceptors (Lipinski definition) is 3. The molecule has 0 heterocycles. The van der Waals surface area contributed by atoms with Gasteiger partial charge in [0.15, 0.2) is 0 Å². The van der Waals surface area contributed by atoms with Crippen LogP contribution in [0.5, 0.6) is 5.75 Å². The zero-order valence-electron chi connectivity index (χ0n) is 11.3. The Kier molecular flexibility index (Phi) is 5.20. The Morgan fingerprint density at radius 2 is 2.05 bits per heavy atom. The molecular weight excluding hydrogens is 264 g/mol. The molecule has 0 saturated heterocycles. The van der Waals surface area contributed by atoms with Gasteiger partial charge in [0.05, 0.1) is 11.6 Å². The van der Waals surface area contributed by atoms with Gasteiger partial charge in [-0.1, -0.05) is 18.2 Å². The van der Waals surface area contributed by atoms with Crippen LogP contribution in [-0.2, 0) is 11.3 Å². The van der Waals surface area contributed by atoms with E-state index in [4.69, 9.17) is 10.5 Å². The highest BCUT2D eigenvalue weighted by molar-refractivity contribution is 5.88. The van der Waals surface area contributed by atoms with Crippen LogP contribution in [0.25, 0.3) is 0 Å². The fourth-order valence-corrected chi connectivity index (χ4v) is 1.73. The van der Waals surface area contributed by atoms with Gasteiger partial charge in [-0.3, -0.25) is 4.79 Å². The van der Waals surface area contributed by atoms with E-state index in [1.807, 2.05) is 38.1 Å². The number of carbonyl (C=O) groups is 1. The van der Waals surface area contributed by atoms with Gasteiger partial charge >= 0.3 is 0 Å². The predicted molar refractivity (Wildman–Crippen MR) is 77.5 cm³/mol. The Balaban J connectivity index is 0.00000180. The predicted octanol–water partition coefficient (Wildman–Crippen LogP) is 2.00. The van der Waals surface area contributed by atoms with E-state index in [2.05, 4.69) is 5.32 Å². The molecule has 0 bridgehead atoms. The van der Waals surface area contributed by atoms with E-state index in [1.54, 1.807) is 0 Å². The largest absolute Gasteiger partial charge is 0.491 e. The molecule has 4 nitrogen and oxygen atoms in total. The highest BCUT2D eigenvalue weighted by Gasteiger charge is 2.45. The summed E-state index contributed by atoms with van der Waals surface area (Å²) in [5.74, 6) is 0.747. The zero-order chi connectivity index (χ0) is 13.2. The fourth-order valence-electron chi connectivity index (χ4n) is 1.73. The minimum absolute atomic E-state index is 0. The summed E-state index contributed by atoms with van der Waals surface area (Å²) in [5, 5.41) is 2.87. The molecule has 1 aromatic rings. The first-order valence-corrected chi connectivity index (χ1v) is 6.33. The van der Waals surface area contributed by atoms with Crippen LogP contribution in [-0.4, -0.2) is 17.6 Å². The normalized spacial score (nSPS) is 15.6.